The molecule has 2 aromatic rings. The number of hydrogen-bond acceptors (Lipinski definition) is 3. The van der Waals surface area contributed by atoms with Crippen LogP contribution in [0.5, 0.6) is 0 Å². The molecule has 1 fully saturated rings. The maximum absolute atomic E-state index is 6.18. The molecule has 3 nitrogen and oxygen atoms in total. The van der Waals surface area contributed by atoms with E-state index in [9.17, 15) is 0 Å². The molecule has 0 radical (unpaired) electrons. The van der Waals surface area contributed by atoms with Crippen molar-refractivity contribution >= 4 is 28.2 Å². The molecule has 0 spiro atoms. The Kier molecular flexibility index (Phi) is 3.58. The minimum atomic E-state index is 0.382. The number of hydrogen-bond donors (Lipinski definition) is 1. The van der Waals surface area contributed by atoms with Gasteiger partial charge in [-0.2, -0.15) is 0 Å². The Hall–Kier alpha value is -1.32. The number of nitrogens with one attached hydrogen (secondary N) is 1. The Labute approximate surface area is 117 Å². The van der Waals surface area contributed by atoms with Crippen LogP contribution in [0.4, 0.5) is 5.69 Å². The Morgan fingerprint density at radius 3 is 3.11 bits per heavy atom. The van der Waals surface area contributed by atoms with Crippen molar-refractivity contribution in [2.75, 3.05) is 18.5 Å². The molecule has 0 aliphatic carbocycles. The second-order valence-electron chi connectivity index (χ2n) is 5.05. The van der Waals surface area contributed by atoms with E-state index in [1.165, 1.54) is 0 Å². The molecule has 2 unspecified atom stereocenters. The van der Waals surface area contributed by atoms with Gasteiger partial charge in [-0.15, -0.1) is 0 Å². The van der Waals surface area contributed by atoms with E-state index in [0.717, 1.165) is 36.2 Å². The van der Waals surface area contributed by atoms with Gasteiger partial charge >= 0.3 is 0 Å². The topological polar surface area (TPSA) is 34.2 Å². The molecule has 0 bridgehead atoms. The molecule has 0 saturated carbocycles. The molecule has 0 amide bonds. The van der Waals surface area contributed by atoms with E-state index < -0.39 is 0 Å². The van der Waals surface area contributed by atoms with Gasteiger partial charge in [0.05, 0.1) is 17.1 Å². The van der Waals surface area contributed by atoms with Crippen LogP contribution in [0, 0.1) is 5.92 Å². The number of nitrogens with zero attached hydrogens (tertiary/aromatic N) is 1. The molecule has 1 saturated heterocycles. The normalized spacial score (nSPS) is 20.6. The zero-order valence-corrected chi connectivity index (χ0v) is 11.7. The lowest BCUT2D eigenvalue weighted by atomic mass is 10.00. The van der Waals surface area contributed by atoms with Crippen molar-refractivity contribution in [2.24, 2.45) is 5.92 Å². The summed E-state index contributed by atoms with van der Waals surface area (Å²) in [5.41, 5.74) is 1.94. The molecular weight excluding hydrogens is 260 g/mol. The predicted molar refractivity (Wildman–Crippen MR) is 78.8 cm³/mol. The Morgan fingerprint density at radius 1 is 1.42 bits per heavy atom. The summed E-state index contributed by atoms with van der Waals surface area (Å²) in [5, 5.41) is 5.34. The third kappa shape index (κ3) is 2.53. The first-order valence-electron chi connectivity index (χ1n) is 6.63. The first kappa shape index (κ1) is 12.7. The summed E-state index contributed by atoms with van der Waals surface area (Å²) >= 11 is 6.18. The van der Waals surface area contributed by atoms with E-state index in [0.29, 0.717) is 17.0 Å². The van der Waals surface area contributed by atoms with Crippen LogP contribution in [0.25, 0.3) is 10.9 Å². The zero-order chi connectivity index (χ0) is 13.2. The molecule has 3 rings (SSSR count). The quantitative estimate of drug-likeness (QED) is 0.928. The van der Waals surface area contributed by atoms with E-state index in [-0.39, 0.29) is 0 Å². The molecule has 1 aliphatic rings. The molecule has 2 atom stereocenters. The zero-order valence-electron chi connectivity index (χ0n) is 10.9. The lowest BCUT2D eigenvalue weighted by Crippen LogP contribution is -2.26. The maximum atomic E-state index is 6.18. The lowest BCUT2D eigenvalue weighted by molar-refractivity contribution is 0.183. The van der Waals surface area contributed by atoms with Crippen LogP contribution in [0.15, 0.2) is 30.5 Å². The number of halogens is 1. The second-order valence-corrected chi connectivity index (χ2v) is 5.46. The molecule has 1 aromatic heterocycles. The first-order valence-corrected chi connectivity index (χ1v) is 7.01. The highest BCUT2D eigenvalue weighted by atomic mass is 35.5. The second kappa shape index (κ2) is 5.35. The molecule has 100 valence electrons. The maximum Gasteiger partial charge on any atom is 0.0908 e. The van der Waals surface area contributed by atoms with E-state index in [2.05, 4.69) is 23.3 Å². The number of benzene rings is 1. The lowest BCUT2D eigenvalue weighted by Gasteiger charge is -2.21. The van der Waals surface area contributed by atoms with E-state index in [1.807, 2.05) is 18.2 Å². The van der Waals surface area contributed by atoms with Crippen LogP contribution in [0.3, 0.4) is 0 Å². The standard InChI is InChI=1S/C15H17ClN2O/c1-10(11-6-8-19-9-11)18-14-5-4-13(16)15-12(14)3-2-7-17-15/h2-5,7,10-11,18H,6,8-9H2,1H3. The summed E-state index contributed by atoms with van der Waals surface area (Å²) < 4.78 is 5.45. The SMILES string of the molecule is CC(Nc1ccc(Cl)c2ncccc12)C1CCOC1. The fourth-order valence-electron chi connectivity index (χ4n) is 2.57. The van der Waals surface area contributed by atoms with Crippen molar-refractivity contribution in [3.63, 3.8) is 0 Å². The summed E-state index contributed by atoms with van der Waals surface area (Å²) in [7, 11) is 0. The number of pyridine rings is 1. The van der Waals surface area contributed by atoms with Crippen LogP contribution >= 0.6 is 11.6 Å². The number of aromatic nitrogens is 1. The van der Waals surface area contributed by atoms with Crippen LogP contribution in [0.2, 0.25) is 5.02 Å². The number of rotatable bonds is 3. The predicted octanol–water partition coefficient (Wildman–Crippen LogP) is 3.73. The van der Waals surface area contributed by atoms with Crippen molar-refractivity contribution in [2.45, 2.75) is 19.4 Å². The summed E-state index contributed by atoms with van der Waals surface area (Å²) in [4.78, 5) is 4.35. The molecule has 4 heteroatoms. The molecule has 19 heavy (non-hydrogen) atoms. The number of ether oxygens (including phenoxy) is 1. The molecular formula is C15H17ClN2O. The third-order valence-corrected chi connectivity index (χ3v) is 4.08. The van der Waals surface area contributed by atoms with Gasteiger partial charge in [0, 0.05) is 35.8 Å². The smallest absolute Gasteiger partial charge is 0.0908 e. The van der Waals surface area contributed by atoms with Crippen molar-refractivity contribution < 1.29 is 4.74 Å². The largest absolute Gasteiger partial charge is 0.382 e. The first-order chi connectivity index (χ1) is 9.25. The van der Waals surface area contributed by atoms with E-state index >= 15 is 0 Å². The van der Waals surface area contributed by atoms with Crippen LogP contribution in [0.1, 0.15) is 13.3 Å². The highest BCUT2D eigenvalue weighted by Gasteiger charge is 2.22. The van der Waals surface area contributed by atoms with E-state index in [4.69, 9.17) is 16.3 Å². The highest BCUT2D eigenvalue weighted by molar-refractivity contribution is 6.35. The molecule has 2 heterocycles. The minimum Gasteiger partial charge on any atom is -0.382 e. The van der Waals surface area contributed by atoms with Gasteiger partial charge in [0.2, 0.25) is 0 Å². The van der Waals surface area contributed by atoms with Gasteiger partial charge in [-0.3, -0.25) is 4.98 Å². The van der Waals surface area contributed by atoms with Crippen molar-refractivity contribution in [3.05, 3.63) is 35.5 Å². The fraction of sp³-hybridized carbons (Fsp3) is 0.400. The summed E-state index contributed by atoms with van der Waals surface area (Å²) in [5.74, 6) is 0.572. The Balaban J connectivity index is 1.90. The van der Waals surface area contributed by atoms with Gasteiger partial charge in [0.15, 0.2) is 0 Å². The summed E-state index contributed by atoms with van der Waals surface area (Å²) in [6, 6.07) is 8.30. The molecule has 1 N–H and O–H groups in total. The van der Waals surface area contributed by atoms with Crippen LogP contribution in [-0.2, 0) is 4.74 Å². The van der Waals surface area contributed by atoms with Gasteiger partial charge in [-0.05, 0) is 37.6 Å². The third-order valence-electron chi connectivity index (χ3n) is 3.78. The Morgan fingerprint density at radius 2 is 2.32 bits per heavy atom. The van der Waals surface area contributed by atoms with Gasteiger partial charge in [0.25, 0.3) is 0 Å². The van der Waals surface area contributed by atoms with Gasteiger partial charge < -0.3 is 10.1 Å². The fourth-order valence-corrected chi connectivity index (χ4v) is 2.79. The number of fused-ring (bicyclic) bond motifs is 1. The van der Waals surface area contributed by atoms with Crippen LogP contribution < -0.4 is 5.32 Å². The van der Waals surface area contributed by atoms with E-state index in [1.54, 1.807) is 6.20 Å². The van der Waals surface area contributed by atoms with Gasteiger partial charge in [-0.1, -0.05) is 11.6 Å². The monoisotopic (exact) mass is 276 g/mol. The Bertz CT molecular complexity index is 581. The molecule has 1 aliphatic heterocycles. The van der Waals surface area contributed by atoms with Crippen molar-refractivity contribution in [3.8, 4) is 0 Å². The summed E-state index contributed by atoms with van der Waals surface area (Å²) in [6.07, 6.45) is 2.89. The van der Waals surface area contributed by atoms with Crippen LogP contribution in [-0.4, -0.2) is 24.2 Å². The molecule has 1 aromatic carbocycles. The van der Waals surface area contributed by atoms with Gasteiger partial charge in [0.1, 0.15) is 0 Å². The number of anilines is 1. The van der Waals surface area contributed by atoms with Crippen molar-refractivity contribution in [1.82, 2.24) is 4.98 Å². The van der Waals surface area contributed by atoms with Gasteiger partial charge in [-0.25, -0.2) is 0 Å². The summed E-state index contributed by atoms with van der Waals surface area (Å²) in [6.45, 7) is 3.92. The minimum absolute atomic E-state index is 0.382. The average molecular weight is 277 g/mol. The highest BCUT2D eigenvalue weighted by Crippen LogP contribution is 2.29. The van der Waals surface area contributed by atoms with Crippen molar-refractivity contribution in [1.29, 1.82) is 0 Å². The average Bonchev–Trinajstić information content (AvgIpc) is 2.96.